The molecule has 0 amide bonds. The number of hydrogen-bond donors (Lipinski definition) is 0. The molecule has 1 aromatic carbocycles. The van der Waals surface area contributed by atoms with Gasteiger partial charge in [-0.05, 0) is 30.5 Å². The molecule has 0 saturated heterocycles. The van der Waals surface area contributed by atoms with Crippen LogP contribution in [0.15, 0.2) is 49.1 Å². The second kappa shape index (κ2) is 5.87. The summed E-state index contributed by atoms with van der Waals surface area (Å²) in [5, 5.41) is 4.31. The van der Waals surface area contributed by atoms with Crippen LogP contribution in [-0.4, -0.2) is 19.7 Å². The van der Waals surface area contributed by atoms with Crippen LogP contribution in [-0.2, 0) is 13.0 Å². The summed E-state index contributed by atoms with van der Waals surface area (Å²) in [6, 6.07) is 8.59. The van der Waals surface area contributed by atoms with Gasteiger partial charge in [-0.25, -0.2) is 0 Å². The Morgan fingerprint density at radius 2 is 1.71 bits per heavy atom. The van der Waals surface area contributed by atoms with Crippen molar-refractivity contribution in [1.29, 1.82) is 0 Å². The molecule has 4 heteroatoms. The predicted octanol–water partition coefficient (Wildman–Crippen LogP) is 2.93. The minimum absolute atomic E-state index is 0.804. The Kier molecular flexibility index (Phi) is 3.77. The fraction of sp³-hybridized carbons (Fsp3) is 0.235. The number of nitrogens with zero attached hydrogens (tertiary/aromatic N) is 4. The van der Waals surface area contributed by atoms with Crippen LogP contribution < -0.4 is 0 Å². The van der Waals surface area contributed by atoms with Gasteiger partial charge in [0.15, 0.2) is 0 Å². The third kappa shape index (κ3) is 3.54. The van der Waals surface area contributed by atoms with Gasteiger partial charge in [-0.15, -0.1) is 0 Å². The van der Waals surface area contributed by atoms with Gasteiger partial charge in [-0.1, -0.05) is 24.3 Å². The van der Waals surface area contributed by atoms with E-state index < -0.39 is 0 Å². The average Bonchev–Trinajstić information content (AvgIpc) is 2.86. The van der Waals surface area contributed by atoms with Gasteiger partial charge in [-0.2, -0.15) is 5.10 Å². The SMILES string of the molecule is Cc1cnn(Cc2ccc(Cc3cncc(C)n3)cc2)c1. The molecule has 3 aromatic rings. The number of rotatable bonds is 4. The van der Waals surface area contributed by atoms with Crippen molar-refractivity contribution in [3.8, 4) is 0 Å². The molecule has 0 aliphatic heterocycles. The lowest BCUT2D eigenvalue weighted by Crippen LogP contribution is -2.00. The van der Waals surface area contributed by atoms with E-state index in [4.69, 9.17) is 0 Å². The molecule has 21 heavy (non-hydrogen) atoms. The van der Waals surface area contributed by atoms with E-state index in [0.717, 1.165) is 24.4 Å². The van der Waals surface area contributed by atoms with Gasteiger partial charge >= 0.3 is 0 Å². The quantitative estimate of drug-likeness (QED) is 0.737. The van der Waals surface area contributed by atoms with E-state index in [-0.39, 0.29) is 0 Å². The first-order valence-corrected chi connectivity index (χ1v) is 7.03. The lowest BCUT2D eigenvalue weighted by atomic mass is 10.1. The van der Waals surface area contributed by atoms with Crippen LogP contribution in [0.2, 0.25) is 0 Å². The third-order valence-corrected chi connectivity index (χ3v) is 3.32. The molecule has 2 aromatic heterocycles. The van der Waals surface area contributed by atoms with Crippen LogP contribution in [0.5, 0.6) is 0 Å². The predicted molar refractivity (Wildman–Crippen MR) is 82.1 cm³/mol. The largest absolute Gasteiger partial charge is 0.268 e. The van der Waals surface area contributed by atoms with Crippen molar-refractivity contribution in [3.63, 3.8) is 0 Å². The molecule has 0 bridgehead atoms. The van der Waals surface area contributed by atoms with Crippen LogP contribution in [0, 0.1) is 13.8 Å². The molecule has 2 heterocycles. The molecule has 0 spiro atoms. The Balaban J connectivity index is 1.69. The normalized spacial score (nSPS) is 10.8. The number of aryl methyl sites for hydroxylation is 2. The van der Waals surface area contributed by atoms with Gasteiger partial charge < -0.3 is 0 Å². The second-order valence-corrected chi connectivity index (χ2v) is 5.36. The highest BCUT2D eigenvalue weighted by molar-refractivity contribution is 5.26. The van der Waals surface area contributed by atoms with Crippen LogP contribution in [0.4, 0.5) is 0 Å². The third-order valence-electron chi connectivity index (χ3n) is 3.32. The van der Waals surface area contributed by atoms with Crippen molar-refractivity contribution in [1.82, 2.24) is 19.7 Å². The van der Waals surface area contributed by atoms with Crippen LogP contribution in [0.1, 0.15) is 28.1 Å². The van der Waals surface area contributed by atoms with Crippen LogP contribution in [0.3, 0.4) is 0 Å². The van der Waals surface area contributed by atoms with Crippen molar-refractivity contribution < 1.29 is 0 Å². The van der Waals surface area contributed by atoms with Gasteiger partial charge in [0.1, 0.15) is 0 Å². The smallest absolute Gasteiger partial charge is 0.0659 e. The summed E-state index contributed by atoms with van der Waals surface area (Å²) in [4.78, 5) is 8.67. The van der Waals surface area contributed by atoms with Gasteiger partial charge in [0.05, 0.1) is 24.1 Å². The molecular weight excluding hydrogens is 260 g/mol. The summed E-state index contributed by atoms with van der Waals surface area (Å²) in [7, 11) is 0. The minimum Gasteiger partial charge on any atom is -0.268 e. The molecule has 0 N–H and O–H groups in total. The molecule has 0 aliphatic carbocycles. The standard InChI is InChI=1S/C17H18N4/c1-13-8-19-21(11-13)12-16-5-3-15(4-6-16)7-17-10-18-9-14(2)20-17/h3-6,8-11H,7,12H2,1-2H3. The summed E-state index contributed by atoms with van der Waals surface area (Å²) in [6.45, 7) is 4.82. The number of benzene rings is 1. The average molecular weight is 278 g/mol. The number of aromatic nitrogens is 4. The van der Waals surface area contributed by atoms with E-state index in [9.17, 15) is 0 Å². The fourth-order valence-corrected chi connectivity index (χ4v) is 2.31. The topological polar surface area (TPSA) is 43.6 Å². The highest BCUT2D eigenvalue weighted by atomic mass is 15.3. The zero-order chi connectivity index (χ0) is 14.7. The molecule has 0 fully saturated rings. The lowest BCUT2D eigenvalue weighted by Gasteiger charge is -2.05. The van der Waals surface area contributed by atoms with E-state index in [1.165, 1.54) is 16.7 Å². The van der Waals surface area contributed by atoms with E-state index in [1.807, 2.05) is 24.0 Å². The Hall–Kier alpha value is -2.49. The van der Waals surface area contributed by atoms with E-state index in [0.29, 0.717) is 0 Å². The van der Waals surface area contributed by atoms with Crippen molar-refractivity contribution in [2.24, 2.45) is 0 Å². The maximum absolute atomic E-state index is 4.48. The lowest BCUT2D eigenvalue weighted by molar-refractivity contribution is 0.686. The molecule has 0 radical (unpaired) electrons. The highest BCUT2D eigenvalue weighted by Gasteiger charge is 2.01. The summed E-state index contributed by atoms with van der Waals surface area (Å²) in [6.07, 6.45) is 8.35. The molecule has 3 rings (SSSR count). The monoisotopic (exact) mass is 278 g/mol. The van der Waals surface area contributed by atoms with Gasteiger partial charge in [0.25, 0.3) is 0 Å². The molecular formula is C17H18N4. The first kappa shape index (κ1) is 13.5. The van der Waals surface area contributed by atoms with Crippen molar-refractivity contribution in [2.75, 3.05) is 0 Å². The molecule has 0 atom stereocenters. The van der Waals surface area contributed by atoms with Crippen molar-refractivity contribution >= 4 is 0 Å². The van der Waals surface area contributed by atoms with Crippen LogP contribution >= 0.6 is 0 Å². The first-order chi connectivity index (χ1) is 10.2. The summed E-state index contributed by atoms with van der Waals surface area (Å²) in [5.41, 5.74) is 5.64. The zero-order valence-electron chi connectivity index (χ0n) is 12.3. The number of hydrogen-bond acceptors (Lipinski definition) is 3. The maximum atomic E-state index is 4.48. The van der Waals surface area contributed by atoms with E-state index >= 15 is 0 Å². The van der Waals surface area contributed by atoms with Gasteiger partial charge in [0, 0.05) is 25.0 Å². The fourth-order valence-electron chi connectivity index (χ4n) is 2.31. The Labute approximate surface area is 124 Å². The zero-order valence-corrected chi connectivity index (χ0v) is 12.3. The Morgan fingerprint density at radius 1 is 0.952 bits per heavy atom. The highest BCUT2D eigenvalue weighted by Crippen LogP contribution is 2.10. The minimum atomic E-state index is 0.804. The van der Waals surface area contributed by atoms with Crippen LogP contribution in [0.25, 0.3) is 0 Å². The van der Waals surface area contributed by atoms with Gasteiger partial charge in [-0.3, -0.25) is 14.6 Å². The maximum Gasteiger partial charge on any atom is 0.0659 e. The molecule has 4 nitrogen and oxygen atoms in total. The molecule has 106 valence electrons. The van der Waals surface area contributed by atoms with Crippen molar-refractivity contribution in [2.45, 2.75) is 26.8 Å². The first-order valence-electron chi connectivity index (χ1n) is 7.03. The van der Waals surface area contributed by atoms with Gasteiger partial charge in [0.2, 0.25) is 0 Å². The van der Waals surface area contributed by atoms with Crippen molar-refractivity contribution in [3.05, 3.63) is 77.1 Å². The molecule has 0 aliphatic rings. The molecule has 0 saturated carbocycles. The summed E-state index contributed by atoms with van der Waals surface area (Å²) < 4.78 is 1.95. The summed E-state index contributed by atoms with van der Waals surface area (Å²) in [5.74, 6) is 0. The van der Waals surface area contributed by atoms with E-state index in [2.05, 4.69) is 52.5 Å². The summed E-state index contributed by atoms with van der Waals surface area (Å²) >= 11 is 0. The Morgan fingerprint density at radius 3 is 2.38 bits per heavy atom. The van der Waals surface area contributed by atoms with E-state index in [1.54, 1.807) is 6.20 Å². The Bertz CT molecular complexity index is 729. The second-order valence-electron chi connectivity index (χ2n) is 5.36. The molecule has 0 unspecified atom stereocenters.